The molecule has 1 nitrogen and oxygen atoms in total. The number of aryl methyl sites for hydroxylation is 1. The Morgan fingerprint density at radius 2 is 1.79 bits per heavy atom. The van der Waals surface area contributed by atoms with Crippen LogP contribution in [0.15, 0.2) is 24.3 Å². The second-order valence-electron chi connectivity index (χ2n) is 4.19. The Morgan fingerprint density at radius 1 is 1.21 bits per heavy atom. The van der Waals surface area contributed by atoms with E-state index >= 15 is 0 Å². The summed E-state index contributed by atoms with van der Waals surface area (Å²) in [7, 11) is 0. The second kappa shape index (κ2) is 4.94. The maximum Gasteiger partial charge on any atom is 0.159 e. The molecule has 0 unspecified atom stereocenters. The molecule has 0 bridgehead atoms. The first-order chi connectivity index (χ1) is 6.59. The largest absolute Gasteiger partial charge is 0.295 e. The van der Waals surface area contributed by atoms with E-state index in [0.717, 1.165) is 17.9 Å². The average Bonchev–Trinajstić information content (AvgIpc) is 2.15. The van der Waals surface area contributed by atoms with Gasteiger partial charge in [-0.1, -0.05) is 38.1 Å². The number of carbonyl (C=O) groups is 1. The van der Waals surface area contributed by atoms with Crippen LogP contribution in [-0.4, -0.2) is 5.78 Å². The predicted molar refractivity (Wildman–Crippen MR) is 59.6 cm³/mol. The first-order valence-electron chi connectivity index (χ1n) is 5.19. The van der Waals surface area contributed by atoms with Crippen LogP contribution in [0.2, 0.25) is 0 Å². The van der Waals surface area contributed by atoms with Crippen molar-refractivity contribution in [3.8, 4) is 0 Å². The van der Waals surface area contributed by atoms with Crippen molar-refractivity contribution >= 4 is 5.78 Å². The van der Waals surface area contributed by atoms with E-state index in [2.05, 4.69) is 26.0 Å². The molecular weight excluding hydrogens is 172 g/mol. The number of carbonyl (C=O) groups excluding carboxylic acids is 1. The minimum Gasteiger partial charge on any atom is -0.295 e. The quantitative estimate of drug-likeness (QED) is 0.664. The molecule has 0 spiro atoms. The Bertz CT molecular complexity index is 296. The molecule has 1 aromatic carbocycles. The van der Waals surface area contributed by atoms with E-state index in [1.165, 1.54) is 12.0 Å². The molecule has 0 amide bonds. The van der Waals surface area contributed by atoms with E-state index in [-0.39, 0.29) is 5.78 Å². The van der Waals surface area contributed by atoms with Gasteiger partial charge in [-0.25, -0.2) is 0 Å². The zero-order chi connectivity index (χ0) is 10.6. The van der Waals surface area contributed by atoms with Crippen molar-refractivity contribution in [2.24, 2.45) is 5.92 Å². The summed E-state index contributed by atoms with van der Waals surface area (Å²) in [5.41, 5.74) is 2.13. The predicted octanol–water partition coefficient (Wildman–Crippen LogP) is 3.48. The van der Waals surface area contributed by atoms with Gasteiger partial charge in [-0.2, -0.15) is 0 Å². The minimum absolute atomic E-state index is 0.139. The number of hydrogen-bond donors (Lipinski definition) is 0. The summed E-state index contributed by atoms with van der Waals surface area (Å²) in [6.07, 6.45) is 2.31. The van der Waals surface area contributed by atoms with Crippen molar-refractivity contribution in [2.45, 2.75) is 33.6 Å². The molecule has 0 fully saturated rings. The zero-order valence-corrected chi connectivity index (χ0v) is 9.21. The third kappa shape index (κ3) is 3.33. The first-order valence-corrected chi connectivity index (χ1v) is 5.19. The molecule has 1 rings (SSSR count). The molecule has 0 atom stereocenters. The lowest BCUT2D eigenvalue weighted by molar-refractivity contribution is 0.101. The molecule has 76 valence electrons. The third-order valence-electron chi connectivity index (χ3n) is 2.37. The number of rotatable bonds is 4. The number of ketones is 1. The number of hydrogen-bond acceptors (Lipinski definition) is 1. The topological polar surface area (TPSA) is 17.1 Å². The Labute approximate surface area is 86.1 Å². The van der Waals surface area contributed by atoms with Gasteiger partial charge in [0.1, 0.15) is 0 Å². The molecule has 0 heterocycles. The van der Waals surface area contributed by atoms with Crippen LogP contribution in [0.4, 0.5) is 0 Å². The van der Waals surface area contributed by atoms with Crippen LogP contribution in [-0.2, 0) is 6.42 Å². The molecule has 0 aromatic heterocycles. The summed E-state index contributed by atoms with van der Waals surface area (Å²) in [4.78, 5) is 11.0. The van der Waals surface area contributed by atoms with E-state index in [4.69, 9.17) is 0 Å². The van der Waals surface area contributed by atoms with Crippen LogP contribution >= 0.6 is 0 Å². The molecule has 0 saturated carbocycles. The molecule has 0 N–H and O–H groups in total. The maximum absolute atomic E-state index is 11.0. The van der Waals surface area contributed by atoms with E-state index in [1.807, 2.05) is 12.1 Å². The minimum atomic E-state index is 0.139. The summed E-state index contributed by atoms with van der Waals surface area (Å²) >= 11 is 0. The van der Waals surface area contributed by atoms with Crippen molar-refractivity contribution in [3.05, 3.63) is 35.4 Å². The summed E-state index contributed by atoms with van der Waals surface area (Å²) in [6.45, 7) is 6.05. The molecule has 0 saturated heterocycles. The summed E-state index contributed by atoms with van der Waals surface area (Å²) in [6, 6.07) is 7.94. The molecule has 0 aliphatic rings. The molecular formula is C13H18O. The van der Waals surface area contributed by atoms with Gasteiger partial charge in [0, 0.05) is 5.56 Å². The Hall–Kier alpha value is -1.11. The third-order valence-corrected chi connectivity index (χ3v) is 2.37. The van der Waals surface area contributed by atoms with Gasteiger partial charge in [-0.15, -0.1) is 0 Å². The highest BCUT2D eigenvalue weighted by Gasteiger charge is 2.00. The van der Waals surface area contributed by atoms with Crippen LogP contribution in [0.5, 0.6) is 0 Å². The fourth-order valence-corrected chi connectivity index (χ4v) is 1.36. The van der Waals surface area contributed by atoms with Crippen LogP contribution in [0.3, 0.4) is 0 Å². The molecule has 1 aromatic rings. The maximum atomic E-state index is 11.0. The van der Waals surface area contributed by atoms with Crippen LogP contribution in [0.1, 0.15) is 43.1 Å². The van der Waals surface area contributed by atoms with Crippen LogP contribution < -0.4 is 0 Å². The van der Waals surface area contributed by atoms with E-state index in [0.29, 0.717) is 0 Å². The Kier molecular flexibility index (Phi) is 3.87. The van der Waals surface area contributed by atoms with E-state index in [1.54, 1.807) is 6.92 Å². The van der Waals surface area contributed by atoms with Crippen molar-refractivity contribution in [2.75, 3.05) is 0 Å². The number of benzene rings is 1. The van der Waals surface area contributed by atoms with Crippen LogP contribution in [0.25, 0.3) is 0 Å². The summed E-state index contributed by atoms with van der Waals surface area (Å²) in [5.74, 6) is 0.878. The van der Waals surface area contributed by atoms with Gasteiger partial charge in [0.25, 0.3) is 0 Å². The van der Waals surface area contributed by atoms with Gasteiger partial charge in [0.05, 0.1) is 0 Å². The van der Waals surface area contributed by atoms with Gasteiger partial charge < -0.3 is 0 Å². The smallest absolute Gasteiger partial charge is 0.159 e. The Balaban J connectivity index is 2.60. The lowest BCUT2D eigenvalue weighted by Crippen LogP contribution is -1.94. The Morgan fingerprint density at radius 3 is 2.21 bits per heavy atom. The second-order valence-corrected chi connectivity index (χ2v) is 4.19. The van der Waals surface area contributed by atoms with Crippen molar-refractivity contribution in [3.63, 3.8) is 0 Å². The highest BCUT2D eigenvalue weighted by atomic mass is 16.1. The molecule has 1 heteroatoms. The number of Topliss-reactive ketones (excluding diaryl/α,β-unsaturated/α-hetero) is 1. The molecule has 0 radical (unpaired) electrons. The molecule has 0 aliphatic carbocycles. The van der Waals surface area contributed by atoms with E-state index in [9.17, 15) is 4.79 Å². The average molecular weight is 190 g/mol. The standard InChI is InChI=1S/C13H18O/c1-10(2)4-5-12-6-8-13(9-7-12)11(3)14/h6-10H,4-5H2,1-3H3. The monoisotopic (exact) mass is 190 g/mol. The fraction of sp³-hybridized carbons (Fsp3) is 0.462. The van der Waals surface area contributed by atoms with Crippen molar-refractivity contribution < 1.29 is 4.79 Å². The fourth-order valence-electron chi connectivity index (χ4n) is 1.36. The van der Waals surface area contributed by atoms with Gasteiger partial charge in [0.15, 0.2) is 5.78 Å². The zero-order valence-electron chi connectivity index (χ0n) is 9.21. The van der Waals surface area contributed by atoms with Gasteiger partial charge >= 0.3 is 0 Å². The summed E-state index contributed by atoms with van der Waals surface area (Å²) < 4.78 is 0. The van der Waals surface area contributed by atoms with Gasteiger partial charge in [-0.3, -0.25) is 4.79 Å². The van der Waals surface area contributed by atoms with Gasteiger partial charge in [0.2, 0.25) is 0 Å². The van der Waals surface area contributed by atoms with Gasteiger partial charge in [-0.05, 0) is 31.2 Å². The van der Waals surface area contributed by atoms with E-state index < -0.39 is 0 Å². The highest BCUT2D eigenvalue weighted by molar-refractivity contribution is 5.93. The SMILES string of the molecule is CC(=O)c1ccc(CCC(C)C)cc1. The lowest BCUT2D eigenvalue weighted by atomic mass is 10.0. The molecule has 14 heavy (non-hydrogen) atoms. The highest BCUT2D eigenvalue weighted by Crippen LogP contribution is 2.10. The summed E-state index contributed by atoms with van der Waals surface area (Å²) in [5, 5.41) is 0. The molecule has 0 aliphatic heterocycles. The lowest BCUT2D eigenvalue weighted by Gasteiger charge is -2.04. The first kappa shape index (κ1) is 11.0. The normalized spacial score (nSPS) is 10.6. The van der Waals surface area contributed by atoms with Crippen molar-refractivity contribution in [1.29, 1.82) is 0 Å². The van der Waals surface area contributed by atoms with Crippen molar-refractivity contribution in [1.82, 2.24) is 0 Å². The van der Waals surface area contributed by atoms with Crippen LogP contribution in [0, 0.1) is 5.92 Å².